The van der Waals surface area contributed by atoms with Crippen LogP contribution in [-0.2, 0) is 14.3 Å². The van der Waals surface area contributed by atoms with E-state index in [-0.39, 0.29) is 18.3 Å². The van der Waals surface area contributed by atoms with Gasteiger partial charge in [-0.05, 0) is 13.3 Å². The van der Waals surface area contributed by atoms with E-state index >= 15 is 0 Å². The second kappa shape index (κ2) is 5.19. The van der Waals surface area contributed by atoms with Gasteiger partial charge >= 0.3 is 5.97 Å². The molecule has 0 aromatic carbocycles. The number of carbonyl (C=O) groups excluding carboxylic acids is 1. The summed E-state index contributed by atoms with van der Waals surface area (Å²) >= 11 is 0. The first-order valence-electron chi connectivity index (χ1n) is 4.65. The largest absolute Gasteiger partial charge is 0.466 e. The smallest absolute Gasteiger partial charge is 0.308 e. The van der Waals surface area contributed by atoms with Crippen LogP contribution < -0.4 is 0 Å². The molecule has 1 rings (SSSR count). The fraction of sp³-hybridized carbons (Fsp3) is 0.889. The highest BCUT2D eigenvalue weighted by Crippen LogP contribution is 2.18. The van der Waals surface area contributed by atoms with Crippen molar-refractivity contribution in [3.63, 3.8) is 0 Å². The fourth-order valence-corrected chi connectivity index (χ4v) is 1.41. The van der Waals surface area contributed by atoms with Crippen LogP contribution in [-0.4, -0.2) is 37.0 Å². The van der Waals surface area contributed by atoms with Crippen molar-refractivity contribution in [2.45, 2.75) is 25.9 Å². The van der Waals surface area contributed by atoms with Crippen molar-refractivity contribution in [2.75, 3.05) is 19.8 Å². The summed E-state index contributed by atoms with van der Waals surface area (Å²) < 4.78 is 9.84. The minimum absolute atomic E-state index is 0.0852. The van der Waals surface area contributed by atoms with Crippen molar-refractivity contribution in [3.8, 4) is 0 Å². The van der Waals surface area contributed by atoms with E-state index in [1.54, 1.807) is 6.92 Å². The minimum Gasteiger partial charge on any atom is -0.466 e. The minimum atomic E-state index is -0.610. The summed E-state index contributed by atoms with van der Waals surface area (Å²) in [5.74, 6) is -0.230. The molecular formula is C9H16O4. The van der Waals surface area contributed by atoms with Gasteiger partial charge in [-0.25, -0.2) is 0 Å². The molecule has 1 aliphatic rings. The lowest BCUT2D eigenvalue weighted by molar-refractivity contribution is -0.146. The predicted octanol–water partition coefficient (Wildman–Crippen LogP) is 0.337. The summed E-state index contributed by atoms with van der Waals surface area (Å²) in [6.07, 6.45) is 0.309. The highest BCUT2D eigenvalue weighted by Gasteiger charge is 2.26. The maximum Gasteiger partial charge on any atom is 0.308 e. The molecule has 1 N–H and O–H groups in total. The first-order chi connectivity index (χ1) is 6.24. The lowest BCUT2D eigenvalue weighted by atomic mass is 9.99. The number of hydrogen-bond donors (Lipinski definition) is 1. The normalized spacial score (nSPS) is 24.3. The van der Waals surface area contributed by atoms with E-state index in [0.717, 1.165) is 6.42 Å². The number of aliphatic hydroxyl groups excluding tert-OH is 1. The van der Waals surface area contributed by atoms with E-state index in [1.165, 1.54) is 0 Å². The molecule has 1 fully saturated rings. The Morgan fingerprint density at radius 3 is 3.08 bits per heavy atom. The molecule has 0 spiro atoms. The number of carbonyl (C=O) groups is 1. The van der Waals surface area contributed by atoms with Crippen molar-refractivity contribution in [1.29, 1.82) is 0 Å². The predicted molar refractivity (Wildman–Crippen MR) is 46.2 cm³/mol. The number of hydrogen-bond acceptors (Lipinski definition) is 4. The van der Waals surface area contributed by atoms with Gasteiger partial charge in [-0.15, -0.1) is 0 Å². The average Bonchev–Trinajstić information content (AvgIpc) is 2.55. The third-order valence-electron chi connectivity index (χ3n) is 2.19. The Bertz CT molecular complexity index is 163. The van der Waals surface area contributed by atoms with Crippen molar-refractivity contribution in [1.82, 2.24) is 0 Å². The number of ether oxygens (including phenoxy) is 2. The molecule has 76 valence electrons. The summed E-state index contributed by atoms with van der Waals surface area (Å²) in [5, 5.41) is 9.57. The first kappa shape index (κ1) is 10.5. The van der Waals surface area contributed by atoms with Gasteiger partial charge < -0.3 is 14.6 Å². The SMILES string of the molecule is CCOC(=O)CC(O)C1CCOC1. The lowest BCUT2D eigenvalue weighted by Gasteiger charge is -2.14. The van der Waals surface area contributed by atoms with Gasteiger partial charge in [0.25, 0.3) is 0 Å². The molecule has 0 aromatic heterocycles. The van der Waals surface area contributed by atoms with Gasteiger partial charge in [0.1, 0.15) is 0 Å². The zero-order valence-electron chi connectivity index (χ0n) is 7.86. The van der Waals surface area contributed by atoms with E-state index in [0.29, 0.717) is 19.8 Å². The fourth-order valence-electron chi connectivity index (χ4n) is 1.41. The molecule has 1 aliphatic heterocycles. The Labute approximate surface area is 77.8 Å². The van der Waals surface area contributed by atoms with E-state index in [4.69, 9.17) is 9.47 Å². The van der Waals surface area contributed by atoms with Crippen LogP contribution in [0.1, 0.15) is 19.8 Å². The molecular weight excluding hydrogens is 172 g/mol. The zero-order chi connectivity index (χ0) is 9.68. The van der Waals surface area contributed by atoms with Gasteiger partial charge in [0.05, 0.1) is 25.7 Å². The molecule has 0 amide bonds. The van der Waals surface area contributed by atoms with Gasteiger partial charge in [0.2, 0.25) is 0 Å². The highest BCUT2D eigenvalue weighted by atomic mass is 16.5. The Morgan fingerprint density at radius 1 is 1.77 bits per heavy atom. The Hall–Kier alpha value is -0.610. The molecule has 0 saturated carbocycles. The topological polar surface area (TPSA) is 55.8 Å². The Kier molecular flexibility index (Phi) is 4.18. The van der Waals surface area contributed by atoms with Gasteiger partial charge in [-0.2, -0.15) is 0 Å². The standard InChI is InChI=1S/C9H16O4/c1-2-13-9(11)5-8(10)7-3-4-12-6-7/h7-8,10H,2-6H2,1H3. The molecule has 0 bridgehead atoms. The molecule has 4 nitrogen and oxygen atoms in total. The summed E-state index contributed by atoms with van der Waals surface area (Å²) in [6, 6.07) is 0. The van der Waals surface area contributed by atoms with E-state index in [9.17, 15) is 9.90 Å². The van der Waals surface area contributed by atoms with Crippen molar-refractivity contribution in [2.24, 2.45) is 5.92 Å². The number of rotatable bonds is 4. The van der Waals surface area contributed by atoms with Crippen LogP contribution in [0.5, 0.6) is 0 Å². The van der Waals surface area contributed by atoms with Crippen LogP contribution >= 0.6 is 0 Å². The second-order valence-corrected chi connectivity index (χ2v) is 3.20. The van der Waals surface area contributed by atoms with Gasteiger partial charge in [-0.1, -0.05) is 0 Å². The molecule has 0 radical (unpaired) electrons. The molecule has 0 aliphatic carbocycles. The van der Waals surface area contributed by atoms with Crippen LogP contribution in [0.25, 0.3) is 0 Å². The van der Waals surface area contributed by atoms with Crippen molar-refractivity contribution >= 4 is 5.97 Å². The summed E-state index contributed by atoms with van der Waals surface area (Å²) in [6.45, 7) is 3.36. The van der Waals surface area contributed by atoms with Gasteiger partial charge in [0, 0.05) is 12.5 Å². The molecule has 1 heterocycles. The lowest BCUT2D eigenvalue weighted by Crippen LogP contribution is -2.24. The van der Waals surface area contributed by atoms with Crippen LogP contribution in [0, 0.1) is 5.92 Å². The maximum atomic E-state index is 11.0. The van der Waals surface area contributed by atoms with Crippen molar-refractivity contribution < 1.29 is 19.4 Å². The highest BCUT2D eigenvalue weighted by molar-refractivity contribution is 5.69. The average molecular weight is 188 g/mol. The molecule has 4 heteroatoms. The first-order valence-corrected chi connectivity index (χ1v) is 4.65. The molecule has 1 saturated heterocycles. The summed E-state index contributed by atoms with van der Waals surface area (Å²) in [5.41, 5.74) is 0. The van der Waals surface area contributed by atoms with Gasteiger partial charge in [-0.3, -0.25) is 4.79 Å². The van der Waals surface area contributed by atoms with E-state index < -0.39 is 6.10 Å². The van der Waals surface area contributed by atoms with E-state index in [2.05, 4.69) is 0 Å². The third kappa shape index (κ3) is 3.32. The molecule has 2 atom stereocenters. The number of esters is 1. The van der Waals surface area contributed by atoms with E-state index in [1.807, 2.05) is 0 Å². The van der Waals surface area contributed by atoms with Crippen LogP contribution in [0.2, 0.25) is 0 Å². The van der Waals surface area contributed by atoms with Crippen LogP contribution in [0.3, 0.4) is 0 Å². The summed E-state index contributed by atoms with van der Waals surface area (Å²) in [4.78, 5) is 11.0. The molecule has 13 heavy (non-hydrogen) atoms. The maximum absolute atomic E-state index is 11.0. The molecule has 2 unspecified atom stereocenters. The number of aliphatic hydroxyl groups is 1. The Morgan fingerprint density at radius 2 is 2.54 bits per heavy atom. The quantitative estimate of drug-likeness (QED) is 0.646. The second-order valence-electron chi connectivity index (χ2n) is 3.20. The Balaban J connectivity index is 2.22. The van der Waals surface area contributed by atoms with Gasteiger partial charge in [0.15, 0.2) is 0 Å². The zero-order valence-corrected chi connectivity index (χ0v) is 7.86. The molecule has 0 aromatic rings. The van der Waals surface area contributed by atoms with Crippen LogP contribution in [0.15, 0.2) is 0 Å². The van der Waals surface area contributed by atoms with Crippen LogP contribution in [0.4, 0.5) is 0 Å². The monoisotopic (exact) mass is 188 g/mol. The van der Waals surface area contributed by atoms with Crippen molar-refractivity contribution in [3.05, 3.63) is 0 Å². The third-order valence-corrected chi connectivity index (χ3v) is 2.19. The summed E-state index contributed by atoms with van der Waals surface area (Å²) in [7, 11) is 0.